The number of furan rings is 1. The number of guanidine groups is 1. The first-order chi connectivity index (χ1) is 12.5. The van der Waals surface area contributed by atoms with Gasteiger partial charge in [-0.25, -0.2) is 9.38 Å². The van der Waals surface area contributed by atoms with Crippen molar-refractivity contribution >= 4 is 35.8 Å². The van der Waals surface area contributed by atoms with Gasteiger partial charge in [-0.2, -0.15) is 0 Å². The lowest BCUT2D eigenvalue weighted by Gasteiger charge is -2.23. The Morgan fingerprint density at radius 2 is 2.00 bits per heavy atom. The van der Waals surface area contributed by atoms with Gasteiger partial charge in [-0.1, -0.05) is 12.1 Å². The number of likely N-dealkylation sites (N-methyl/N-ethyl adjacent to an activating group) is 1. The second-order valence-corrected chi connectivity index (χ2v) is 6.17. The largest absolute Gasteiger partial charge is 0.469 e. The molecule has 1 N–H and O–H groups in total. The molecule has 0 aliphatic rings. The summed E-state index contributed by atoms with van der Waals surface area (Å²) >= 11 is 0. The topological polar surface area (TPSA) is 61.1 Å². The maximum Gasteiger partial charge on any atom is 0.243 e. The van der Waals surface area contributed by atoms with Gasteiger partial charge in [0.1, 0.15) is 18.1 Å². The second-order valence-electron chi connectivity index (χ2n) is 6.17. The van der Waals surface area contributed by atoms with Gasteiger partial charge in [-0.3, -0.25) is 4.79 Å². The number of halogens is 2. The van der Waals surface area contributed by atoms with Gasteiger partial charge in [0.25, 0.3) is 0 Å². The molecule has 8 heteroatoms. The molecule has 0 spiro atoms. The van der Waals surface area contributed by atoms with Crippen LogP contribution in [0.15, 0.2) is 52.1 Å². The number of carbonyl (C=O) groups excluding carboxylic acids is 1. The molecular weight excluding hydrogens is 462 g/mol. The van der Waals surface area contributed by atoms with E-state index in [1.165, 1.54) is 17.0 Å². The maximum absolute atomic E-state index is 13.4. The molecule has 0 bridgehead atoms. The first kappa shape index (κ1) is 22.9. The third-order valence-corrected chi connectivity index (χ3v) is 3.77. The summed E-state index contributed by atoms with van der Waals surface area (Å²) < 4.78 is 18.7. The van der Waals surface area contributed by atoms with E-state index in [4.69, 9.17) is 4.42 Å². The smallest absolute Gasteiger partial charge is 0.243 e. The molecule has 0 fully saturated rings. The number of amides is 1. The predicted molar refractivity (Wildman–Crippen MR) is 115 cm³/mol. The molecule has 0 atom stereocenters. The van der Waals surface area contributed by atoms with Crippen LogP contribution >= 0.6 is 24.0 Å². The number of carbonyl (C=O) groups is 1. The fourth-order valence-corrected chi connectivity index (χ4v) is 2.33. The standard InChI is InChI=1S/C19H25FN4O2.HI/c1-23(2)18(25)13-22-19(21-10-9-17-8-5-11-26-17)24(3)14-15-6-4-7-16(20)12-15;/h4-8,11-12H,9-10,13-14H2,1-3H3,(H,21,22);1H. The molecule has 0 aliphatic carbocycles. The van der Waals surface area contributed by atoms with E-state index < -0.39 is 0 Å². The summed E-state index contributed by atoms with van der Waals surface area (Å²) in [7, 11) is 5.24. The third kappa shape index (κ3) is 7.98. The summed E-state index contributed by atoms with van der Waals surface area (Å²) in [4.78, 5) is 19.6. The highest BCUT2D eigenvalue weighted by Crippen LogP contribution is 2.07. The minimum atomic E-state index is -0.275. The molecule has 2 aromatic rings. The van der Waals surface area contributed by atoms with E-state index in [2.05, 4.69) is 10.3 Å². The zero-order chi connectivity index (χ0) is 18.9. The number of hydrogen-bond donors (Lipinski definition) is 1. The average Bonchev–Trinajstić information content (AvgIpc) is 3.10. The number of nitrogens with one attached hydrogen (secondary N) is 1. The Labute approximate surface area is 176 Å². The number of rotatable bonds is 7. The number of aliphatic imine (C=N–C) groups is 1. The molecule has 1 aromatic heterocycles. The summed E-state index contributed by atoms with van der Waals surface area (Å²) in [6.45, 7) is 1.13. The van der Waals surface area contributed by atoms with Crippen molar-refractivity contribution in [2.24, 2.45) is 4.99 Å². The van der Waals surface area contributed by atoms with Crippen LogP contribution in [0.1, 0.15) is 11.3 Å². The van der Waals surface area contributed by atoms with Crippen LogP contribution in [0.25, 0.3) is 0 Å². The van der Waals surface area contributed by atoms with Crippen LogP contribution in [0.2, 0.25) is 0 Å². The minimum Gasteiger partial charge on any atom is -0.469 e. The van der Waals surface area contributed by atoms with Crippen molar-refractivity contribution < 1.29 is 13.6 Å². The molecule has 27 heavy (non-hydrogen) atoms. The Morgan fingerprint density at radius 1 is 1.22 bits per heavy atom. The summed E-state index contributed by atoms with van der Waals surface area (Å²) in [6.07, 6.45) is 2.33. The van der Waals surface area contributed by atoms with Gasteiger partial charge in [-0.05, 0) is 29.8 Å². The molecule has 1 amide bonds. The molecule has 1 heterocycles. The Morgan fingerprint density at radius 3 is 2.63 bits per heavy atom. The van der Waals surface area contributed by atoms with Crippen LogP contribution in [-0.4, -0.2) is 55.9 Å². The number of benzene rings is 1. The molecule has 1 aromatic carbocycles. The van der Waals surface area contributed by atoms with Crippen LogP contribution in [0.4, 0.5) is 4.39 Å². The van der Waals surface area contributed by atoms with Gasteiger partial charge in [0, 0.05) is 40.7 Å². The summed E-state index contributed by atoms with van der Waals surface area (Å²) in [5.74, 6) is 1.09. The Hall–Kier alpha value is -2.10. The molecule has 0 aliphatic heterocycles. The Kier molecular flexibility index (Phi) is 9.84. The van der Waals surface area contributed by atoms with Gasteiger partial charge in [0.05, 0.1) is 6.26 Å². The number of hydrogen-bond acceptors (Lipinski definition) is 3. The molecule has 6 nitrogen and oxygen atoms in total. The summed E-state index contributed by atoms with van der Waals surface area (Å²) in [5, 5.41) is 3.24. The van der Waals surface area contributed by atoms with Crippen molar-refractivity contribution in [3.8, 4) is 0 Å². The van der Waals surface area contributed by atoms with Crippen LogP contribution in [0.5, 0.6) is 0 Å². The normalized spacial score (nSPS) is 10.9. The summed E-state index contributed by atoms with van der Waals surface area (Å²) in [6, 6.07) is 10.2. The van der Waals surface area contributed by atoms with Crippen molar-refractivity contribution in [1.82, 2.24) is 15.1 Å². The lowest BCUT2D eigenvalue weighted by atomic mass is 10.2. The molecule has 0 saturated carbocycles. The molecule has 148 valence electrons. The summed E-state index contributed by atoms with van der Waals surface area (Å²) in [5.41, 5.74) is 0.826. The van der Waals surface area contributed by atoms with Crippen molar-refractivity contribution in [3.05, 3.63) is 59.8 Å². The highest BCUT2D eigenvalue weighted by atomic mass is 127. The average molecular weight is 488 g/mol. The van der Waals surface area contributed by atoms with Gasteiger partial charge >= 0.3 is 0 Å². The zero-order valence-corrected chi connectivity index (χ0v) is 18.1. The molecule has 0 radical (unpaired) electrons. The monoisotopic (exact) mass is 488 g/mol. The minimum absolute atomic E-state index is 0. The first-order valence-electron chi connectivity index (χ1n) is 8.42. The SMILES string of the molecule is CN(C)C(=O)CN=C(NCCc1ccco1)N(C)Cc1cccc(F)c1.I. The van der Waals surface area contributed by atoms with Crippen molar-refractivity contribution in [2.75, 3.05) is 34.2 Å². The second kappa shape index (κ2) is 11.6. The van der Waals surface area contributed by atoms with Crippen LogP contribution < -0.4 is 5.32 Å². The molecule has 0 unspecified atom stereocenters. The maximum atomic E-state index is 13.4. The van der Waals surface area contributed by atoms with E-state index in [1.54, 1.807) is 26.4 Å². The van der Waals surface area contributed by atoms with E-state index >= 15 is 0 Å². The van der Waals surface area contributed by atoms with E-state index in [-0.39, 0.29) is 42.2 Å². The Balaban J connectivity index is 0.00000364. The van der Waals surface area contributed by atoms with E-state index in [0.29, 0.717) is 25.5 Å². The molecule has 2 rings (SSSR count). The fraction of sp³-hybridized carbons (Fsp3) is 0.368. The predicted octanol–water partition coefficient (Wildman–Crippen LogP) is 2.75. The van der Waals surface area contributed by atoms with E-state index in [0.717, 1.165) is 11.3 Å². The lowest BCUT2D eigenvalue weighted by molar-refractivity contribution is -0.127. The molecular formula is C19H26FIN4O2. The first-order valence-corrected chi connectivity index (χ1v) is 8.42. The van der Waals surface area contributed by atoms with Gasteiger partial charge in [0.2, 0.25) is 5.91 Å². The highest BCUT2D eigenvalue weighted by molar-refractivity contribution is 14.0. The van der Waals surface area contributed by atoms with Gasteiger partial charge in [-0.15, -0.1) is 24.0 Å². The quantitative estimate of drug-likeness (QED) is 0.370. The van der Waals surface area contributed by atoms with Gasteiger partial charge < -0.3 is 19.5 Å². The van der Waals surface area contributed by atoms with Crippen molar-refractivity contribution in [1.29, 1.82) is 0 Å². The van der Waals surface area contributed by atoms with Crippen molar-refractivity contribution in [2.45, 2.75) is 13.0 Å². The molecule has 0 saturated heterocycles. The third-order valence-electron chi connectivity index (χ3n) is 3.77. The van der Waals surface area contributed by atoms with Crippen LogP contribution in [0, 0.1) is 5.82 Å². The Bertz CT molecular complexity index is 735. The highest BCUT2D eigenvalue weighted by Gasteiger charge is 2.10. The van der Waals surface area contributed by atoms with E-state index in [9.17, 15) is 9.18 Å². The van der Waals surface area contributed by atoms with E-state index in [1.807, 2.05) is 30.1 Å². The lowest BCUT2D eigenvalue weighted by Crippen LogP contribution is -2.40. The van der Waals surface area contributed by atoms with Crippen molar-refractivity contribution in [3.63, 3.8) is 0 Å². The fourth-order valence-electron chi connectivity index (χ4n) is 2.33. The zero-order valence-electron chi connectivity index (χ0n) is 15.8. The van der Waals surface area contributed by atoms with Crippen LogP contribution in [0.3, 0.4) is 0 Å². The number of nitrogens with zero attached hydrogens (tertiary/aromatic N) is 3. The van der Waals surface area contributed by atoms with Crippen LogP contribution in [-0.2, 0) is 17.8 Å². The van der Waals surface area contributed by atoms with Gasteiger partial charge in [0.15, 0.2) is 5.96 Å².